The van der Waals surface area contributed by atoms with Gasteiger partial charge in [-0.1, -0.05) is 25.6 Å². The molecule has 0 saturated carbocycles. The summed E-state index contributed by atoms with van der Waals surface area (Å²) in [5, 5.41) is 9.44. The van der Waals surface area contributed by atoms with Gasteiger partial charge >= 0.3 is 0 Å². The molecular formula is C19H29N5O2S. The van der Waals surface area contributed by atoms with E-state index in [-0.39, 0.29) is 11.2 Å². The fraction of sp³-hybridized carbons (Fsp3) is 0.632. The van der Waals surface area contributed by atoms with E-state index in [1.54, 1.807) is 25.3 Å². The summed E-state index contributed by atoms with van der Waals surface area (Å²) in [4.78, 5) is 16.2. The van der Waals surface area contributed by atoms with Crippen molar-refractivity contribution < 1.29 is 9.21 Å². The van der Waals surface area contributed by atoms with Crippen molar-refractivity contribution in [2.45, 2.75) is 44.1 Å². The summed E-state index contributed by atoms with van der Waals surface area (Å²) in [6.45, 7) is 8.96. The first kappa shape index (κ1) is 19.8. The number of anilines is 1. The highest BCUT2D eigenvalue weighted by Gasteiger charge is 2.28. The highest BCUT2D eigenvalue weighted by atomic mass is 32.2. The van der Waals surface area contributed by atoms with Crippen LogP contribution in [0.5, 0.6) is 0 Å². The normalized spacial score (nSPS) is 21.3. The maximum atomic E-state index is 12.3. The van der Waals surface area contributed by atoms with Gasteiger partial charge in [0, 0.05) is 27.2 Å². The predicted molar refractivity (Wildman–Crippen MR) is 107 cm³/mol. The number of furan rings is 1. The number of carbonyl (C=O) groups is 1. The molecule has 0 N–H and O–H groups in total. The van der Waals surface area contributed by atoms with Gasteiger partial charge in [-0.15, -0.1) is 10.2 Å². The molecule has 27 heavy (non-hydrogen) atoms. The van der Waals surface area contributed by atoms with Crippen molar-refractivity contribution in [2.24, 2.45) is 11.8 Å². The van der Waals surface area contributed by atoms with Gasteiger partial charge in [0.15, 0.2) is 5.16 Å². The van der Waals surface area contributed by atoms with Crippen molar-refractivity contribution in [3.63, 3.8) is 0 Å². The van der Waals surface area contributed by atoms with Gasteiger partial charge in [0.25, 0.3) is 0 Å². The van der Waals surface area contributed by atoms with Crippen molar-refractivity contribution in [1.82, 2.24) is 19.7 Å². The second-order valence-electron chi connectivity index (χ2n) is 7.79. The SMILES string of the molecule is CC1CC(C)CN(c2nnc(SC(C)C(=O)N(C)C)n2Cc2ccco2)C1. The summed E-state index contributed by atoms with van der Waals surface area (Å²) >= 11 is 1.44. The number of thioether (sulfide) groups is 1. The fourth-order valence-corrected chi connectivity index (χ4v) is 4.69. The summed E-state index contributed by atoms with van der Waals surface area (Å²) in [5.41, 5.74) is 0. The lowest BCUT2D eigenvalue weighted by atomic mass is 9.92. The van der Waals surface area contributed by atoms with Gasteiger partial charge in [0.1, 0.15) is 5.76 Å². The van der Waals surface area contributed by atoms with Gasteiger partial charge in [0.2, 0.25) is 11.9 Å². The average Bonchev–Trinajstić information content (AvgIpc) is 3.24. The van der Waals surface area contributed by atoms with E-state index in [4.69, 9.17) is 4.42 Å². The van der Waals surface area contributed by atoms with Crippen LogP contribution in [0.3, 0.4) is 0 Å². The van der Waals surface area contributed by atoms with E-state index < -0.39 is 0 Å². The third kappa shape index (κ3) is 4.66. The molecule has 0 aliphatic carbocycles. The molecule has 3 atom stereocenters. The topological polar surface area (TPSA) is 67.4 Å². The Morgan fingerprint density at radius 2 is 2.04 bits per heavy atom. The molecule has 3 rings (SSSR count). The first-order valence-corrected chi connectivity index (χ1v) is 10.3. The molecule has 148 valence electrons. The Labute approximate surface area is 165 Å². The number of hydrogen-bond donors (Lipinski definition) is 0. The van der Waals surface area contributed by atoms with Gasteiger partial charge in [0.05, 0.1) is 18.1 Å². The molecule has 7 nitrogen and oxygen atoms in total. The third-order valence-electron chi connectivity index (χ3n) is 4.81. The quantitative estimate of drug-likeness (QED) is 0.705. The summed E-state index contributed by atoms with van der Waals surface area (Å²) in [6.07, 6.45) is 2.91. The largest absolute Gasteiger partial charge is 0.467 e. The van der Waals surface area contributed by atoms with E-state index in [9.17, 15) is 4.79 Å². The van der Waals surface area contributed by atoms with Gasteiger partial charge in [-0.25, -0.2) is 0 Å². The first-order valence-electron chi connectivity index (χ1n) is 9.43. The standard InChI is InChI=1S/C19H29N5O2S/c1-13-9-14(2)11-23(10-13)18-20-21-19(27-15(3)17(25)22(4)5)24(18)12-16-7-6-8-26-16/h6-8,13-15H,9-12H2,1-5H3. The molecule has 1 aliphatic heterocycles. The van der Waals surface area contributed by atoms with Crippen LogP contribution in [0.2, 0.25) is 0 Å². The maximum Gasteiger partial charge on any atom is 0.235 e. The van der Waals surface area contributed by atoms with Crippen molar-refractivity contribution in [2.75, 3.05) is 32.1 Å². The van der Waals surface area contributed by atoms with E-state index in [0.29, 0.717) is 18.4 Å². The van der Waals surface area contributed by atoms with Crippen LogP contribution in [0.1, 0.15) is 33.0 Å². The highest BCUT2D eigenvalue weighted by molar-refractivity contribution is 8.00. The Bertz CT molecular complexity index is 748. The van der Waals surface area contributed by atoms with Crippen LogP contribution < -0.4 is 4.90 Å². The number of aromatic nitrogens is 3. The Morgan fingerprint density at radius 1 is 1.33 bits per heavy atom. The molecule has 0 bridgehead atoms. The highest BCUT2D eigenvalue weighted by Crippen LogP contribution is 2.30. The van der Waals surface area contributed by atoms with Crippen LogP contribution in [-0.2, 0) is 11.3 Å². The first-order chi connectivity index (χ1) is 12.8. The van der Waals surface area contributed by atoms with Gasteiger partial charge < -0.3 is 14.2 Å². The second-order valence-corrected chi connectivity index (χ2v) is 9.10. The van der Waals surface area contributed by atoms with Crippen LogP contribution in [0.15, 0.2) is 28.0 Å². The van der Waals surface area contributed by atoms with Crippen molar-refractivity contribution >= 4 is 23.6 Å². The van der Waals surface area contributed by atoms with Gasteiger partial charge in [-0.05, 0) is 37.3 Å². The van der Waals surface area contributed by atoms with Gasteiger partial charge in [-0.3, -0.25) is 9.36 Å². The van der Waals surface area contributed by atoms with E-state index >= 15 is 0 Å². The number of hydrogen-bond acceptors (Lipinski definition) is 6. The summed E-state index contributed by atoms with van der Waals surface area (Å²) in [6, 6.07) is 3.84. The molecule has 2 aromatic heterocycles. The average molecular weight is 392 g/mol. The van der Waals surface area contributed by atoms with Crippen molar-refractivity contribution in [1.29, 1.82) is 0 Å². The van der Waals surface area contributed by atoms with E-state index in [1.165, 1.54) is 18.2 Å². The van der Waals surface area contributed by atoms with Crippen molar-refractivity contribution in [3.8, 4) is 0 Å². The minimum Gasteiger partial charge on any atom is -0.467 e. The molecule has 8 heteroatoms. The van der Waals surface area contributed by atoms with E-state index in [0.717, 1.165) is 30.0 Å². The Morgan fingerprint density at radius 3 is 2.63 bits per heavy atom. The maximum absolute atomic E-state index is 12.3. The predicted octanol–water partition coefficient (Wildman–Crippen LogP) is 2.97. The number of rotatable bonds is 6. The third-order valence-corrected chi connectivity index (χ3v) is 5.88. The smallest absolute Gasteiger partial charge is 0.235 e. The molecule has 1 fully saturated rings. The molecule has 0 aromatic carbocycles. The van der Waals surface area contributed by atoms with E-state index in [1.807, 2.05) is 19.1 Å². The van der Waals surface area contributed by atoms with Crippen LogP contribution in [0.25, 0.3) is 0 Å². The zero-order valence-corrected chi connectivity index (χ0v) is 17.6. The van der Waals surface area contributed by atoms with Crippen molar-refractivity contribution in [3.05, 3.63) is 24.2 Å². The van der Waals surface area contributed by atoms with Crippen LogP contribution >= 0.6 is 11.8 Å². The molecule has 0 spiro atoms. The fourth-order valence-electron chi connectivity index (χ4n) is 3.70. The number of amides is 1. The molecule has 1 aliphatic rings. The van der Waals surface area contributed by atoms with E-state index in [2.05, 4.69) is 33.5 Å². The molecule has 0 radical (unpaired) electrons. The summed E-state index contributed by atoms with van der Waals surface area (Å²) in [5.74, 6) is 3.01. The van der Waals surface area contributed by atoms with Crippen LogP contribution in [0.4, 0.5) is 5.95 Å². The zero-order chi connectivity index (χ0) is 19.6. The van der Waals surface area contributed by atoms with Gasteiger partial charge in [-0.2, -0.15) is 0 Å². The lowest BCUT2D eigenvalue weighted by Crippen LogP contribution is -2.40. The Kier molecular flexibility index (Phi) is 6.14. The molecule has 1 amide bonds. The van der Waals surface area contributed by atoms with Crippen LogP contribution in [0, 0.1) is 11.8 Å². The minimum atomic E-state index is -0.230. The molecule has 2 aromatic rings. The lowest BCUT2D eigenvalue weighted by molar-refractivity contribution is -0.127. The Hall–Kier alpha value is -1.96. The molecular weight excluding hydrogens is 362 g/mol. The minimum absolute atomic E-state index is 0.0642. The lowest BCUT2D eigenvalue weighted by Gasteiger charge is -2.35. The molecule has 3 unspecified atom stereocenters. The summed E-state index contributed by atoms with van der Waals surface area (Å²) < 4.78 is 7.63. The monoisotopic (exact) mass is 391 g/mol. The summed E-state index contributed by atoms with van der Waals surface area (Å²) in [7, 11) is 3.55. The van der Waals surface area contributed by atoms with Crippen LogP contribution in [-0.4, -0.2) is 58.0 Å². The number of piperidine rings is 1. The number of carbonyl (C=O) groups excluding carboxylic acids is 1. The Balaban J connectivity index is 1.89. The number of nitrogens with zero attached hydrogens (tertiary/aromatic N) is 5. The zero-order valence-electron chi connectivity index (χ0n) is 16.8. The molecule has 1 saturated heterocycles. The molecule has 3 heterocycles. The second kappa shape index (κ2) is 8.37.